The van der Waals surface area contributed by atoms with Gasteiger partial charge in [-0.05, 0) is 0 Å². The molecule has 0 saturated heterocycles. The average Bonchev–Trinajstić information content (AvgIpc) is 3.32. The summed E-state index contributed by atoms with van der Waals surface area (Å²) in [5, 5.41) is 0. The molecule has 2 aromatic carbocycles. The number of allylic oxidation sites excluding steroid dienone is 4. The van der Waals surface area contributed by atoms with Crippen LogP contribution in [0.5, 0.6) is 0 Å². The normalized spacial score (nSPS) is 17.9. The first-order valence-electron chi connectivity index (χ1n) is 14.4. The standard InChI is InChI=1S/C21H25.C12H19.C3H6.Zr/c1-20(2,3)16-9-7-14-11-15-8-10-17(21(4,5)6)13-19(15)18(14)12-16;1-5-6-10-7-8-11(9-10)12(2,3)4;1-3-2;/h7-13H,1-6H3;8-10H,5-6H2,1-4H3;1-2H3;. The zero-order chi connectivity index (χ0) is 27.5. The first kappa shape index (κ1) is 28.7. The molecule has 1 atom stereocenters. The molecule has 1 unspecified atom stereocenters. The van der Waals surface area contributed by atoms with Gasteiger partial charge in [0.1, 0.15) is 0 Å². The van der Waals surface area contributed by atoms with Crippen LogP contribution < -0.4 is 0 Å². The van der Waals surface area contributed by atoms with Crippen molar-refractivity contribution in [1.29, 1.82) is 0 Å². The topological polar surface area (TPSA) is 0 Å². The molecule has 2 aliphatic carbocycles. The van der Waals surface area contributed by atoms with Crippen LogP contribution in [0.15, 0.2) is 57.4 Å². The van der Waals surface area contributed by atoms with E-state index in [4.69, 9.17) is 0 Å². The first-order valence-corrected chi connectivity index (χ1v) is 18.3. The van der Waals surface area contributed by atoms with E-state index in [-0.39, 0.29) is 16.2 Å². The van der Waals surface area contributed by atoms with Crippen molar-refractivity contribution in [2.24, 2.45) is 11.3 Å². The molecule has 2 aromatic rings. The number of benzene rings is 2. The van der Waals surface area contributed by atoms with Gasteiger partial charge in [0.25, 0.3) is 0 Å². The predicted octanol–water partition coefficient (Wildman–Crippen LogP) is 10.5. The van der Waals surface area contributed by atoms with E-state index in [1.807, 2.05) is 3.28 Å². The van der Waals surface area contributed by atoms with Crippen molar-refractivity contribution in [3.05, 3.63) is 79.7 Å². The van der Waals surface area contributed by atoms with Crippen LogP contribution in [-0.2, 0) is 32.1 Å². The fourth-order valence-corrected chi connectivity index (χ4v) is 14.9. The van der Waals surface area contributed by atoms with Crippen LogP contribution in [0.4, 0.5) is 0 Å². The molecule has 0 spiro atoms. The Morgan fingerprint density at radius 3 is 1.59 bits per heavy atom. The summed E-state index contributed by atoms with van der Waals surface area (Å²) in [6.07, 6.45) is 7.84. The van der Waals surface area contributed by atoms with E-state index in [0.29, 0.717) is 9.54 Å². The van der Waals surface area contributed by atoms with Crippen LogP contribution in [0.1, 0.15) is 122 Å². The summed E-state index contributed by atoms with van der Waals surface area (Å²) < 4.78 is 4.12. The van der Waals surface area contributed by atoms with Gasteiger partial charge in [-0.3, -0.25) is 0 Å². The predicted molar refractivity (Wildman–Crippen MR) is 161 cm³/mol. The maximum absolute atomic E-state index is 2.67. The van der Waals surface area contributed by atoms with Crippen molar-refractivity contribution in [2.45, 2.75) is 110 Å². The van der Waals surface area contributed by atoms with E-state index < -0.39 is 21.3 Å². The van der Waals surface area contributed by atoms with E-state index in [9.17, 15) is 0 Å². The van der Waals surface area contributed by atoms with Crippen molar-refractivity contribution in [3.63, 3.8) is 0 Å². The van der Waals surface area contributed by atoms with Crippen LogP contribution in [0.3, 0.4) is 0 Å². The van der Waals surface area contributed by atoms with Gasteiger partial charge in [-0.2, -0.15) is 0 Å². The molecule has 0 saturated carbocycles. The molecule has 0 heterocycles. The summed E-state index contributed by atoms with van der Waals surface area (Å²) in [7, 11) is 0. The van der Waals surface area contributed by atoms with Gasteiger partial charge < -0.3 is 0 Å². The van der Waals surface area contributed by atoms with Crippen molar-refractivity contribution in [1.82, 2.24) is 0 Å². The molecular weight excluding hydrogens is 524 g/mol. The van der Waals surface area contributed by atoms with Crippen LogP contribution in [0.2, 0.25) is 0 Å². The molecule has 0 radical (unpaired) electrons. The maximum atomic E-state index is 2.67. The van der Waals surface area contributed by atoms with Crippen LogP contribution in [0, 0.1) is 11.3 Å². The molecule has 0 fully saturated rings. The van der Waals surface area contributed by atoms with Gasteiger partial charge in [0.05, 0.1) is 0 Å². The molecule has 1 heteroatoms. The Morgan fingerprint density at radius 2 is 1.22 bits per heavy atom. The van der Waals surface area contributed by atoms with Crippen LogP contribution >= 0.6 is 0 Å². The fraction of sp³-hybridized carbons (Fsp3) is 0.528. The molecule has 0 amide bonds. The second-order valence-corrected chi connectivity index (χ2v) is 22.1. The SMILES string of the molecule is CCCC1C=C(C(C)(C)C)C=[C]1[Zr](=[C](C)C)[CH]1c2ccc(C(C)(C)C)cc2-c2cc(C(C)(C)C)ccc21. The quantitative estimate of drug-likeness (QED) is 0.341. The Hall–Kier alpha value is -1.33. The van der Waals surface area contributed by atoms with Gasteiger partial charge in [-0.25, -0.2) is 0 Å². The monoisotopic (exact) mass is 572 g/mol. The molecular formula is C36H50Zr. The molecule has 0 aliphatic heterocycles. The third-order valence-electron chi connectivity index (χ3n) is 8.45. The number of hydrogen-bond acceptors (Lipinski definition) is 0. The minimum atomic E-state index is -2.26. The van der Waals surface area contributed by atoms with Crippen molar-refractivity contribution >= 4 is 3.21 Å². The van der Waals surface area contributed by atoms with Gasteiger partial charge in [0, 0.05) is 0 Å². The summed E-state index contributed by atoms with van der Waals surface area (Å²) in [6.45, 7) is 28.5. The second kappa shape index (κ2) is 10.0. The summed E-state index contributed by atoms with van der Waals surface area (Å²) in [5.41, 5.74) is 11.2. The zero-order valence-electron chi connectivity index (χ0n) is 25.7. The number of rotatable bonds is 4. The number of fused-ring (bicyclic) bond motifs is 3. The zero-order valence-corrected chi connectivity index (χ0v) is 28.1. The van der Waals surface area contributed by atoms with Crippen LogP contribution in [-0.4, -0.2) is 3.21 Å². The Labute approximate surface area is 235 Å². The summed E-state index contributed by atoms with van der Waals surface area (Å²) in [6, 6.07) is 15.0. The molecule has 4 rings (SSSR count). The second-order valence-electron chi connectivity index (χ2n) is 14.8. The molecule has 2 aliphatic rings. The van der Waals surface area contributed by atoms with Crippen molar-refractivity contribution < 1.29 is 21.3 Å². The first-order chi connectivity index (χ1) is 17.0. The Kier molecular flexibility index (Phi) is 7.76. The Morgan fingerprint density at radius 1 is 0.730 bits per heavy atom. The van der Waals surface area contributed by atoms with Gasteiger partial charge in [0.2, 0.25) is 0 Å². The van der Waals surface area contributed by atoms with E-state index in [1.165, 1.54) is 35.1 Å². The van der Waals surface area contributed by atoms with E-state index >= 15 is 0 Å². The average molecular weight is 574 g/mol. The molecule has 0 nitrogen and oxygen atoms in total. The molecule has 0 N–H and O–H groups in total. The van der Waals surface area contributed by atoms with E-state index in [2.05, 4.69) is 132 Å². The fourth-order valence-electron chi connectivity index (χ4n) is 6.16. The third kappa shape index (κ3) is 5.55. The Balaban J connectivity index is 1.97. The van der Waals surface area contributed by atoms with Gasteiger partial charge >= 0.3 is 237 Å². The number of hydrogen-bond donors (Lipinski definition) is 0. The molecule has 37 heavy (non-hydrogen) atoms. The van der Waals surface area contributed by atoms with Crippen molar-refractivity contribution in [2.75, 3.05) is 0 Å². The van der Waals surface area contributed by atoms with Crippen molar-refractivity contribution in [3.8, 4) is 11.1 Å². The molecule has 198 valence electrons. The van der Waals surface area contributed by atoms with E-state index in [0.717, 1.165) is 0 Å². The van der Waals surface area contributed by atoms with Gasteiger partial charge in [-0.1, -0.05) is 0 Å². The minimum absolute atomic E-state index is 0.148. The third-order valence-corrected chi connectivity index (χ3v) is 16.8. The van der Waals surface area contributed by atoms with E-state index in [1.54, 1.807) is 19.9 Å². The van der Waals surface area contributed by atoms with Crippen LogP contribution in [0.25, 0.3) is 11.1 Å². The summed E-state index contributed by atoms with van der Waals surface area (Å²) in [4.78, 5) is 0. The summed E-state index contributed by atoms with van der Waals surface area (Å²) >= 11 is -2.26. The molecule has 0 bridgehead atoms. The van der Waals surface area contributed by atoms with Gasteiger partial charge in [-0.15, -0.1) is 0 Å². The molecule has 0 aromatic heterocycles. The van der Waals surface area contributed by atoms with Gasteiger partial charge in [0.15, 0.2) is 0 Å². The summed E-state index contributed by atoms with van der Waals surface area (Å²) in [5.74, 6) is 0.624. The Bertz CT molecular complexity index is 1220.